The molecule has 6 heteroatoms. The Morgan fingerprint density at radius 2 is 2.10 bits per heavy atom. The molecule has 0 aliphatic rings. The summed E-state index contributed by atoms with van der Waals surface area (Å²) in [4.78, 5) is 16.4. The van der Waals surface area contributed by atoms with E-state index in [1.54, 1.807) is 18.5 Å². The molecular formula is C15H16N4O2. The van der Waals surface area contributed by atoms with Crippen LogP contribution in [-0.2, 0) is 20.1 Å². The van der Waals surface area contributed by atoms with Crippen LogP contribution >= 0.6 is 0 Å². The molecule has 21 heavy (non-hydrogen) atoms. The Labute approximate surface area is 121 Å². The third-order valence-electron chi connectivity index (χ3n) is 3.37. The second-order valence-corrected chi connectivity index (χ2v) is 4.93. The number of benzene rings is 1. The molecule has 2 aromatic heterocycles. The molecule has 0 radical (unpaired) electrons. The summed E-state index contributed by atoms with van der Waals surface area (Å²) < 4.78 is 6.69. The number of aromatic nitrogens is 3. The van der Waals surface area contributed by atoms with Gasteiger partial charge in [0.25, 0.3) is 5.56 Å². The van der Waals surface area contributed by atoms with Gasteiger partial charge < -0.3 is 14.4 Å². The molecule has 0 bridgehead atoms. The average Bonchev–Trinajstić information content (AvgIpc) is 2.90. The van der Waals surface area contributed by atoms with Crippen molar-refractivity contribution in [2.75, 3.05) is 0 Å². The van der Waals surface area contributed by atoms with Crippen LogP contribution in [0.15, 0.2) is 39.6 Å². The monoisotopic (exact) mass is 284 g/mol. The van der Waals surface area contributed by atoms with Gasteiger partial charge in [0.2, 0.25) is 5.89 Å². The van der Waals surface area contributed by atoms with E-state index >= 15 is 0 Å². The fourth-order valence-electron chi connectivity index (χ4n) is 2.33. The molecule has 2 heterocycles. The lowest BCUT2D eigenvalue weighted by Crippen LogP contribution is -2.25. The van der Waals surface area contributed by atoms with Gasteiger partial charge in [-0.25, -0.2) is 0 Å². The molecule has 6 nitrogen and oxygen atoms in total. The Kier molecular flexibility index (Phi) is 3.53. The first kappa shape index (κ1) is 13.5. The molecular weight excluding hydrogens is 268 g/mol. The summed E-state index contributed by atoms with van der Waals surface area (Å²) in [5.74, 6) is 1.12. The molecule has 0 saturated heterocycles. The maximum atomic E-state index is 12.3. The number of hydrogen-bond donors (Lipinski definition) is 1. The highest BCUT2D eigenvalue weighted by Gasteiger charge is 2.07. The van der Waals surface area contributed by atoms with E-state index in [-0.39, 0.29) is 5.56 Å². The zero-order valence-electron chi connectivity index (χ0n) is 12.0. The normalized spacial score (nSPS) is 11.1. The van der Waals surface area contributed by atoms with Crippen molar-refractivity contribution >= 4 is 10.9 Å². The van der Waals surface area contributed by atoms with Crippen LogP contribution in [0.4, 0.5) is 0 Å². The van der Waals surface area contributed by atoms with E-state index in [0.717, 1.165) is 10.9 Å². The van der Waals surface area contributed by atoms with Gasteiger partial charge in [-0.15, -0.1) is 0 Å². The number of nitrogens with one attached hydrogen (secondary N) is 1. The maximum Gasteiger partial charge on any atom is 0.255 e. The van der Waals surface area contributed by atoms with Gasteiger partial charge in [-0.05, 0) is 24.4 Å². The Morgan fingerprint density at radius 3 is 2.86 bits per heavy atom. The molecule has 0 amide bonds. The van der Waals surface area contributed by atoms with Crippen molar-refractivity contribution in [2.45, 2.75) is 20.0 Å². The third kappa shape index (κ3) is 2.71. The zero-order chi connectivity index (χ0) is 14.8. The predicted molar refractivity (Wildman–Crippen MR) is 78.8 cm³/mol. The second-order valence-electron chi connectivity index (χ2n) is 4.93. The van der Waals surface area contributed by atoms with Crippen molar-refractivity contribution in [1.29, 1.82) is 0 Å². The molecule has 1 N–H and O–H groups in total. The maximum absolute atomic E-state index is 12.3. The van der Waals surface area contributed by atoms with Crippen LogP contribution in [0.5, 0.6) is 0 Å². The van der Waals surface area contributed by atoms with Gasteiger partial charge in [0.15, 0.2) is 5.82 Å². The van der Waals surface area contributed by atoms with E-state index in [9.17, 15) is 4.79 Å². The van der Waals surface area contributed by atoms with Crippen LogP contribution in [0.25, 0.3) is 10.9 Å². The van der Waals surface area contributed by atoms with E-state index in [1.165, 1.54) is 0 Å². The summed E-state index contributed by atoms with van der Waals surface area (Å²) in [5.41, 5.74) is 1.65. The molecule has 0 unspecified atom stereocenters. The standard InChI is InChI=1S/C15H16N4O2/c1-10-17-14(21-18-10)9-16-8-12-7-11-5-3-4-6-13(11)19(2)15(12)20/h3-7,16H,8-9H2,1-2H3. The first-order valence-corrected chi connectivity index (χ1v) is 6.72. The van der Waals surface area contributed by atoms with E-state index in [0.29, 0.717) is 30.4 Å². The van der Waals surface area contributed by atoms with Gasteiger partial charge in [-0.3, -0.25) is 4.79 Å². The largest absolute Gasteiger partial charge is 0.338 e. The van der Waals surface area contributed by atoms with Gasteiger partial charge in [-0.1, -0.05) is 23.4 Å². The Bertz CT molecular complexity index is 835. The highest BCUT2D eigenvalue weighted by molar-refractivity contribution is 5.79. The highest BCUT2D eigenvalue weighted by Crippen LogP contribution is 2.12. The van der Waals surface area contributed by atoms with Gasteiger partial charge in [0.1, 0.15) is 0 Å². The van der Waals surface area contributed by atoms with Crippen LogP contribution in [0.3, 0.4) is 0 Å². The third-order valence-corrected chi connectivity index (χ3v) is 3.37. The number of hydrogen-bond acceptors (Lipinski definition) is 5. The molecule has 1 aromatic carbocycles. The molecule has 0 aliphatic carbocycles. The van der Waals surface area contributed by atoms with Crippen molar-refractivity contribution in [3.05, 3.63) is 58.0 Å². The Balaban J connectivity index is 1.80. The summed E-state index contributed by atoms with van der Waals surface area (Å²) >= 11 is 0. The number of nitrogens with zero attached hydrogens (tertiary/aromatic N) is 3. The van der Waals surface area contributed by atoms with Crippen molar-refractivity contribution < 1.29 is 4.52 Å². The van der Waals surface area contributed by atoms with Crippen LogP contribution in [0, 0.1) is 6.92 Å². The molecule has 0 fully saturated rings. The number of aryl methyl sites for hydroxylation is 2. The molecule has 0 saturated carbocycles. The topological polar surface area (TPSA) is 73.0 Å². The summed E-state index contributed by atoms with van der Waals surface area (Å²) in [7, 11) is 1.79. The quantitative estimate of drug-likeness (QED) is 0.786. The Morgan fingerprint density at radius 1 is 1.29 bits per heavy atom. The zero-order valence-corrected chi connectivity index (χ0v) is 12.0. The van der Waals surface area contributed by atoms with Crippen molar-refractivity contribution in [3.63, 3.8) is 0 Å². The lowest BCUT2D eigenvalue weighted by molar-refractivity contribution is 0.364. The average molecular weight is 284 g/mol. The fraction of sp³-hybridized carbons (Fsp3) is 0.267. The summed E-state index contributed by atoms with van der Waals surface area (Å²) in [5, 5.41) is 7.92. The van der Waals surface area contributed by atoms with Crippen molar-refractivity contribution in [3.8, 4) is 0 Å². The summed E-state index contributed by atoms with van der Waals surface area (Å²) in [6.07, 6.45) is 0. The molecule has 3 aromatic rings. The van der Waals surface area contributed by atoms with E-state index < -0.39 is 0 Å². The van der Waals surface area contributed by atoms with Crippen molar-refractivity contribution in [2.24, 2.45) is 7.05 Å². The van der Waals surface area contributed by atoms with Crippen LogP contribution in [0.2, 0.25) is 0 Å². The number of para-hydroxylation sites is 1. The minimum atomic E-state index is 0.00269. The smallest absolute Gasteiger partial charge is 0.255 e. The van der Waals surface area contributed by atoms with E-state index in [2.05, 4.69) is 15.5 Å². The number of fused-ring (bicyclic) bond motifs is 1. The number of rotatable bonds is 4. The highest BCUT2D eigenvalue weighted by atomic mass is 16.5. The van der Waals surface area contributed by atoms with Gasteiger partial charge in [0.05, 0.1) is 12.1 Å². The Hall–Kier alpha value is -2.47. The molecule has 3 rings (SSSR count). The molecule has 0 atom stereocenters. The van der Waals surface area contributed by atoms with Crippen LogP contribution in [-0.4, -0.2) is 14.7 Å². The first-order valence-electron chi connectivity index (χ1n) is 6.72. The fourth-order valence-corrected chi connectivity index (χ4v) is 2.33. The van der Waals surface area contributed by atoms with Gasteiger partial charge in [0, 0.05) is 19.2 Å². The molecule has 0 spiro atoms. The molecule has 0 aliphatic heterocycles. The minimum Gasteiger partial charge on any atom is -0.338 e. The molecule has 108 valence electrons. The lowest BCUT2D eigenvalue weighted by Gasteiger charge is -2.08. The number of pyridine rings is 1. The van der Waals surface area contributed by atoms with Crippen LogP contribution in [0.1, 0.15) is 17.3 Å². The lowest BCUT2D eigenvalue weighted by atomic mass is 10.1. The van der Waals surface area contributed by atoms with E-state index in [1.807, 2.05) is 30.3 Å². The van der Waals surface area contributed by atoms with Crippen molar-refractivity contribution in [1.82, 2.24) is 20.0 Å². The van der Waals surface area contributed by atoms with E-state index in [4.69, 9.17) is 4.52 Å². The SMILES string of the molecule is Cc1noc(CNCc2cc3ccccc3n(C)c2=O)n1. The van der Waals surface area contributed by atoms with Gasteiger partial charge >= 0.3 is 0 Å². The van der Waals surface area contributed by atoms with Crippen LogP contribution < -0.4 is 10.9 Å². The minimum absolute atomic E-state index is 0.00269. The second kappa shape index (κ2) is 5.49. The predicted octanol–water partition coefficient (Wildman–Crippen LogP) is 1.52. The summed E-state index contributed by atoms with van der Waals surface area (Å²) in [6, 6.07) is 9.75. The first-order chi connectivity index (χ1) is 10.1. The summed E-state index contributed by atoms with van der Waals surface area (Å²) in [6.45, 7) is 2.67. The van der Waals surface area contributed by atoms with Gasteiger partial charge in [-0.2, -0.15) is 4.98 Å².